The van der Waals surface area contributed by atoms with Crippen LogP contribution in [0, 0.1) is 35.0 Å². The van der Waals surface area contributed by atoms with Crippen LogP contribution in [-0.2, 0) is 0 Å². The Hall–Kier alpha value is -0.0400. The van der Waals surface area contributed by atoms with Gasteiger partial charge in [-0.15, -0.1) is 0 Å². The third-order valence-electron chi connectivity index (χ3n) is 6.82. The second kappa shape index (κ2) is 3.98. The van der Waals surface area contributed by atoms with Gasteiger partial charge in [0.2, 0.25) is 0 Å². The molecule has 6 atom stereocenters. The number of aliphatic hydroxyl groups excluding tert-OH is 1. The van der Waals surface area contributed by atoms with E-state index in [2.05, 4.69) is 20.8 Å². The van der Waals surface area contributed by atoms with Crippen LogP contribution in [0.15, 0.2) is 0 Å². The largest absolute Gasteiger partial charge is 0.393 e. The van der Waals surface area contributed by atoms with Crippen LogP contribution < -0.4 is 0 Å². The van der Waals surface area contributed by atoms with Crippen molar-refractivity contribution in [2.75, 3.05) is 0 Å². The Balaban J connectivity index is 1.72. The van der Waals surface area contributed by atoms with E-state index in [-0.39, 0.29) is 6.10 Å². The summed E-state index contributed by atoms with van der Waals surface area (Å²) in [7, 11) is 0. The van der Waals surface area contributed by atoms with Gasteiger partial charge in [0.05, 0.1) is 6.10 Å². The van der Waals surface area contributed by atoms with E-state index >= 15 is 0 Å². The zero-order chi connectivity index (χ0) is 12.2. The van der Waals surface area contributed by atoms with Crippen molar-refractivity contribution in [3.05, 3.63) is 0 Å². The van der Waals surface area contributed by atoms with Crippen LogP contribution in [0.2, 0.25) is 0 Å². The molecule has 1 unspecified atom stereocenters. The molecule has 2 bridgehead atoms. The second-order valence-electron chi connectivity index (χ2n) is 7.69. The highest BCUT2D eigenvalue weighted by atomic mass is 16.3. The molecule has 1 N–H and O–H groups in total. The third kappa shape index (κ3) is 1.77. The molecule has 98 valence electrons. The lowest BCUT2D eigenvalue weighted by atomic mass is 9.62. The second-order valence-corrected chi connectivity index (χ2v) is 7.69. The highest BCUT2D eigenvalue weighted by Gasteiger charge is 2.56. The molecule has 0 amide bonds. The van der Waals surface area contributed by atoms with Crippen molar-refractivity contribution in [1.29, 1.82) is 0 Å². The zero-order valence-electron chi connectivity index (χ0n) is 11.7. The molecule has 1 nitrogen and oxygen atoms in total. The number of hydrogen-bond acceptors (Lipinski definition) is 1. The van der Waals surface area contributed by atoms with E-state index in [4.69, 9.17) is 0 Å². The fourth-order valence-corrected chi connectivity index (χ4v) is 5.34. The minimum absolute atomic E-state index is 0.0104. The molecule has 17 heavy (non-hydrogen) atoms. The Morgan fingerprint density at radius 1 is 1.00 bits per heavy atom. The average Bonchev–Trinajstić information content (AvgIpc) is 2.79. The maximum Gasteiger partial charge on any atom is 0.0543 e. The van der Waals surface area contributed by atoms with Crippen LogP contribution in [0.25, 0.3) is 0 Å². The van der Waals surface area contributed by atoms with Crippen molar-refractivity contribution in [3.63, 3.8) is 0 Å². The van der Waals surface area contributed by atoms with Gasteiger partial charge in [-0.3, -0.25) is 0 Å². The van der Waals surface area contributed by atoms with Crippen molar-refractivity contribution in [1.82, 2.24) is 0 Å². The molecule has 3 saturated carbocycles. The molecule has 0 spiro atoms. The normalized spacial score (nSPS) is 52.9. The lowest BCUT2D eigenvalue weighted by molar-refractivity contribution is 0.0247. The summed E-state index contributed by atoms with van der Waals surface area (Å²) in [6, 6.07) is 0. The zero-order valence-corrected chi connectivity index (χ0v) is 11.7. The van der Waals surface area contributed by atoms with Gasteiger partial charge in [0.1, 0.15) is 0 Å². The molecule has 0 saturated heterocycles. The highest BCUT2D eigenvalue weighted by molar-refractivity contribution is 5.05. The van der Waals surface area contributed by atoms with E-state index in [9.17, 15) is 5.11 Å². The minimum Gasteiger partial charge on any atom is -0.393 e. The summed E-state index contributed by atoms with van der Waals surface area (Å²) >= 11 is 0. The van der Waals surface area contributed by atoms with Crippen LogP contribution in [-0.4, -0.2) is 11.2 Å². The molecule has 3 aliphatic carbocycles. The van der Waals surface area contributed by atoms with E-state index in [1.807, 2.05) is 0 Å². The molecular weight excluding hydrogens is 208 g/mol. The topological polar surface area (TPSA) is 20.2 Å². The van der Waals surface area contributed by atoms with E-state index in [1.54, 1.807) is 0 Å². The number of aliphatic hydroxyl groups is 1. The van der Waals surface area contributed by atoms with Gasteiger partial charge in [0.25, 0.3) is 0 Å². The van der Waals surface area contributed by atoms with Gasteiger partial charge in [0, 0.05) is 0 Å². The molecule has 0 aromatic heterocycles. The van der Waals surface area contributed by atoms with Gasteiger partial charge in [-0.2, -0.15) is 0 Å². The van der Waals surface area contributed by atoms with E-state index in [0.29, 0.717) is 5.41 Å². The van der Waals surface area contributed by atoms with Crippen LogP contribution in [0.1, 0.15) is 59.3 Å². The Morgan fingerprint density at radius 3 is 2.29 bits per heavy atom. The first-order chi connectivity index (χ1) is 8.00. The van der Waals surface area contributed by atoms with Crippen molar-refractivity contribution in [3.8, 4) is 0 Å². The fraction of sp³-hybridized carbons (Fsp3) is 1.00. The van der Waals surface area contributed by atoms with Crippen molar-refractivity contribution in [2.24, 2.45) is 35.0 Å². The summed E-state index contributed by atoms with van der Waals surface area (Å²) in [6.07, 6.45) is 7.75. The van der Waals surface area contributed by atoms with Crippen LogP contribution in [0.3, 0.4) is 0 Å². The molecule has 3 fully saturated rings. The monoisotopic (exact) mass is 236 g/mol. The van der Waals surface area contributed by atoms with Gasteiger partial charge in [-0.1, -0.05) is 27.2 Å². The molecule has 3 aliphatic rings. The predicted molar refractivity (Wildman–Crippen MR) is 70.6 cm³/mol. The quantitative estimate of drug-likeness (QED) is 0.733. The highest BCUT2D eigenvalue weighted by Crippen LogP contribution is 2.63. The van der Waals surface area contributed by atoms with Gasteiger partial charge in [-0.05, 0) is 67.1 Å². The SMILES string of the molecule is CC1[C@H]2C[C@H](C[C@@H]2[C@@H]2CCC[C@@H](O)C2)C1(C)C. The smallest absolute Gasteiger partial charge is 0.0543 e. The Labute approximate surface area is 106 Å². The maximum absolute atomic E-state index is 9.88. The number of hydrogen-bond donors (Lipinski definition) is 1. The lowest BCUT2D eigenvalue weighted by Gasteiger charge is -2.44. The first-order valence-corrected chi connectivity index (χ1v) is 7.68. The van der Waals surface area contributed by atoms with E-state index < -0.39 is 0 Å². The van der Waals surface area contributed by atoms with Gasteiger partial charge in [0.15, 0.2) is 0 Å². The molecule has 1 heteroatoms. The molecule has 3 rings (SSSR count). The molecule has 0 aromatic rings. The summed E-state index contributed by atoms with van der Waals surface area (Å²) < 4.78 is 0. The van der Waals surface area contributed by atoms with Crippen molar-refractivity contribution < 1.29 is 5.11 Å². The summed E-state index contributed by atoms with van der Waals surface area (Å²) in [4.78, 5) is 0. The van der Waals surface area contributed by atoms with Gasteiger partial charge >= 0.3 is 0 Å². The van der Waals surface area contributed by atoms with Gasteiger partial charge in [-0.25, -0.2) is 0 Å². The molecule has 0 heterocycles. The lowest BCUT2D eigenvalue weighted by Crippen LogP contribution is -2.37. The van der Waals surface area contributed by atoms with Crippen molar-refractivity contribution >= 4 is 0 Å². The van der Waals surface area contributed by atoms with Crippen LogP contribution in [0.5, 0.6) is 0 Å². The summed E-state index contributed by atoms with van der Waals surface area (Å²) in [5.41, 5.74) is 0.578. The van der Waals surface area contributed by atoms with E-state index in [0.717, 1.165) is 42.4 Å². The van der Waals surface area contributed by atoms with E-state index in [1.165, 1.54) is 25.7 Å². The van der Waals surface area contributed by atoms with Crippen LogP contribution >= 0.6 is 0 Å². The first kappa shape index (κ1) is 12.0. The third-order valence-corrected chi connectivity index (χ3v) is 6.82. The standard InChI is InChI=1S/C16H28O/c1-10-14-8-12(16(10,2)3)9-15(14)11-5-4-6-13(17)7-11/h10-15,17H,4-9H2,1-3H3/t10?,11-,12-,13-,14-,15-/m1/s1. The number of fused-ring (bicyclic) bond motifs is 2. The minimum atomic E-state index is 0.0104. The summed E-state index contributed by atoms with van der Waals surface area (Å²) in [5, 5.41) is 9.88. The maximum atomic E-state index is 9.88. The predicted octanol–water partition coefficient (Wildman–Crippen LogP) is 3.86. The molecule has 0 aromatic carbocycles. The summed E-state index contributed by atoms with van der Waals surface area (Å²) in [6.45, 7) is 7.44. The summed E-state index contributed by atoms with van der Waals surface area (Å²) in [5.74, 6) is 4.60. The Morgan fingerprint density at radius 2 is 1.71 bits per heavy atom. The molecule has 0 aliphatic heterocycles. The number of rotatable bonds is 1. The van der Waals surface area contributed by atoms with Crippen LogP contribution in [0.4, 0.5) is 0 Å². The Kier molecular flexibility index (Phi) is 2.81. The molecule has 0 radical (unpaired) electrons. The fourth-order valence-electron chi connectivity index (χ4n) is 5.34. The van der Waals surface area contributed by atoms with Crippen molar-refractivity contribution in [2.45, 2.75) is 65.4 Å². The first-order valence-electron chi connectivity index (χ1n) is 7.68. The molecular formula is C16H28O. The average molecular weight is 236 g/mol. The Bertz CT molecular complexity index is 292. The van der Waals surface area contributed by atoms with Gasteiger partial charge < -0.3 is 5.11 Å².